The summed E-state index contributed by atoms with van der Waals surface area (Å²) >= 11 is 1.21. The van der Waals surface area contributed by atoms with Crippen molar-refractivity contribution >= 4 is 46.7 Å². The fraction of sp³-hybridized carbons (Fsp3) is 0.185. The highest BCUT2D eigenvalue weighted by molar-refractivity contribution is 8.00. The molecule has 35 heavy (non-hydrogen) atoms. The number of carbonyl (C=O) groups is 4. The number of esters is 1. The van der Waals surface area contributed by atoms with E-state index in [2.05, 4.69) is 10.6 Å². The predicted molar refractivity (Wildman–Crippen MR) is 137 cm³/mol. The number of benzene rings is 3. The molecule has 0 aliphatic rings. The number of ketones is 1. The number of amides is 2. The number of carbonyl (C=O) groups excluding carboxylic acids is 4. The molecule has 0 heterocycles. The Labute approximate surface area is 208 Å². The van der Waals surface area contributed by atoms with Crippen LogP contribution < -0.4 is 10.6 Å². The highest BCUT2D eigenvalue weighted by Gasteiger charge is 2.21. The summed E-state index contributed by atoms with van der Waals surface area (Å²) in [7, 11) is 0. The van der Waals surface area contributed by atoms with Gasteiger partial charge >= 0.3 is 5.97 Å². The SMILES string of the molecule is CC(=O)c1ccc(NC(=O)C(C)OC(=O)c2ccccc2SCC(=O)Nc2ccc(C)cc2)cc1. The highest BCUT2D eigenvalue weighted by atomic mass is 32.2. The van der Waals surface area contributed by atoms with Crippen LogP contribution in [0.1, 0.15) is 40.1 Å². The Bertz CT molecular complexity index is 1220. The monoisotopic (exact) mass is 490 g/mol. The molecule has 0 bridgehead atoms. The first kappa shape index (κ1) is 25.7. The maximum absolute atomic E-state index is 12.8. The summed E-state index contributed by atoms with van der Waals surface area (Å²) in [5, 5.41) is 5.48. The van der Waals surface area contributed by atoms with Crippen molar-refractivity contribution in [2.24, 2.45) is 0 Å². The first-order valence-corrected chi connectivity index (χ1v) is 11.9. The molecule has 7 nitrogen and oxygen atoms in total. The number of thioether (sulfide) groups is 1. The molecule has 3 rings (SSSR count). The zero-order valence-electron chi connectivity index (χ0n) is 19.7. The van der Waals surface area contributed by atoms with E-state index in [1.807, 2.05) is 31.2 Å². The van der Waals surface area contributed by atoms with Gasteiger partial charge in [-0.2, -0.15) is 0 Å². The Balaban J connectivity index is 1.57. The third kappa shape index (κ3) is 7.55. The molecule has 3 aromatic carbocycles. The van der Waals surface area contributed by atoms with Crippen LogP contribution in [0.15, 0.2) is 77.7 Å². The van der Waals surface area contributed by atoms with Crippen LogP contribution in [0, 0.1) is 6.92 Å². The van der Waals surface area contributed by atoms with E-state index in [0.29, 0.717) is 21.8 Å². The van der Waals surface area contributed by atoms with Gasteiger partial charge in [0.05, 0.1) is 11.3 Å². The van der Waals surface area contributed by atoms with Crippen LogP contribution >= 0.6 is 11.8 Å². The molecule has 1 unspecified atom stereocenters. The Kier molecular flexibility index (Phi) is 8.80. The van der Waals surface area contributed by atoms with Gasteiger partial charge in [0.1, 0.15) is 0 Å². The van der Waals surface area contributed by atoms with Crippen LogP contribution in [-0.2, 0) is 14.3 Å². The Morgan fingerprint density at radius 1 is 0.857 bits per heavy atom. The van der Waals surface area contributed by atoms with E-state index < -0.39 is 18.0 Å². The van der Waals surface area contributed by atoms with Crippen molar-refractivity contribution in [2.75, 3.05) is 16.4 Å². The van der Waals surface area contributed by atoms with Crippen molar-refractivity contribution in [1.82, 2.24) is 0 Å². The molecule has 0 spiro atoms. The number of aryl methyl sites for hydroxylation is 1. The molecule has 0 fully saturated rings. The van der Waals surface area contributed by atoms with Gasteiger partial charge in [-0.3, -0.25) is 14.4 Å². The van der Waals surface area contributed by atoms with Crippen molar-refractivity contribution in [3.05, 3.63) is 89.5 Å². The minimum Gasteiger partial charge on any atom is -0.449 e. The quantitative estimate of drug-likeness (QED) is 0.245. The van der Waals surface area contributed by atoms with E-state index >= 15 is 0 Å². The molecular formula is C27H26N2O5S. The molecule has 2 amide bonds. The molecule has 0 aliphatic heterocycles. The summed E-state index contributed by atoms with van der Waals surface area (Å²) in [5.74, 6) is -1.34. The summed E-state index contributed by atoms with van der Waals surface area (Å²) in [4.78, 5) is 49.5. The number of nitrogens with one attached hydrogen (secondary N) is 2. The largest absolute Gasteiger partial charge is 0.449 e. The van der Waals surface area contributed by atoms with Gasteiger partial charge < -0.3 is 15.4 Å². The number of Topliss-reactive ketones (excluding diaryl/α,β-unsaturated/α-hetero) is 1. The number of ether oxygens (including phenoxy) is 1. The third-order valence-electron chi connectivity index (χ3n) is 5.01. The van der Waals surface area contributed by atoms with Crippen molar-refractivity contribution in [3.63, 3.8) is 0 Å². The van der Waals surface area contributed by atoms with Crippen molar-refractivity contribution in [2.45, 2.75) is 31.8 Å². The third-order valence-corrected chi connectivity index (χ3v) is 6.09. The van der Waals surface area contributed by atoms with Gasteiger partial charge in [0.2, 0.25) is 5.91 Å². The zero-order valence-corrected chi connectivity index (χ0v) is 20.5. The van der Waals surface area contributed by atoms with Crippen molar-refractivity contribution in [1.29, 1.82) is 0 Å². The van der Waals surface area contributed by atoms with E-state index in [0.717, 1.165) is 5.56 Å². The van der Waals surface area contributed by atoms with Gasteiger partial charge in [-0.15, -0.1) is 11.8 Å². The summed E-state index contributed by atoms with van der Waals surface area (Å²) in [6.45, 7) is 4.90. The number of hydrogen-bond donors (Lipinski definition) is 2. The van der Waals surface area contributed by atoms with Gasteiger partial charge in [-0.05, 0) is 69.3 Å². The maximum Gasteiger partial charge on any atom is 0.340 e. The van der Waals surface area contributed by atoms with Crippen LogP contribution in [0.25, 0.3) is 0 Å². The van der Waals surface area contributed by atoms with E-state index in [1.54, 1.807) is 48.5 Å². The second-order valence-electron chi connectivity index (χ2n) is 7.87. The molecule has 180 valence electrons. The summed E-state index contributed by atoms with van der Waals surface area (Å²) < 4.78 is 5.37. The minimum atomic E-state index is -1.06. The lowest BCUT2D eigenvalue weighted by molar-refractivity contribution is -0.123. The molecule has 3 aromatic rings. The second kappa shape index (κ2) is 12.0. The summed E-state index contributed by atoms with van der Waals surface area (Å²) in [5.41, 5.74) is 3.08. The smallest absolute Gasteiger partial charge is 0.340 e. The zero-order chi connectivity index (χ0) is 25.4. The lowest BCUT2D eigenvalue weighted by atomic mass is 10.1. The van der Waals surface area contributed by atoms with Crippen molar-refractivity contribution < 1.29 is 23.9 Å². The first-order chi connectivity index (χ1) is 16.7. The molecule has 0 saturated heterocycles. The second-order valence-corrected chi connectivity index (χ2v) is 8.89. The van der Waals surface area contributed by atoms with Gasteiger partial charge in [0.25, 0.3) is 5.91 Å². The van der Waals surface area contributed by atoms with Gasteiger partial charge in [0.15, 0.2) is 11.9 Å². The van der Waals surface area contributed by atoms with E-state index in [-0.39, 0.29) is 23.0 Å². The summed E-state index contributed by atoms with van der Waals surface area (Å²) in [6, 6.07) is 20.7. The molecule has 0 aromatic heterocycles. The molecule has 0 radical (unpaired) electrons. The normalized spacial score (nSPS) is 11.3. The Morgan fingerprint density at radius 2 is 1.46 bits per heavy atom. The van der Waals surface area contributed by atoms with Gasteiger partial charge in [-0.1, -0.05) is 29.8 Å². The van der Waals surface area contributed by atoms with E-state index in [4.69, 9.17) is 4.74 Å². The Hall–Kier alpha value is -3.91. The summed E-state index contributed by atoms with van der Waals surface area (Å²) in [6.07, 6.45) is -1.06. The molecule has 8 heteroatoms. The predicted octanol–water partition coefficient (Wildman–Crippen LogP) is 5.11. The average Bonchev–Trinajstić information content (AvgIpc) is 2.84. The van der Waals surface area contributed by atoms with E-state index in [9.17, 15) is 19.2 Å². The number of rotatable bonds is 9. The molecule has 1 atom stereocenters. The van der Waals surface area contributed by atoms with Crippen LogP contribution in [0.4, 0.5) is 11.4 Å². The highest BCUT2D eigenvalue weighted by Crippen LogP contribution is 2.24. The maximum atomic E-state index is 12.8. The van der Waals surface area contributed by atoms with Gasteiger partial charge in [-0.25, -0.2) is 4.79 Å². The lowest BCUT2D eigenvalue weighted by Crippen LogP contribution is -2.30. The van der Waals surface area contributed by atoms with Crippen molar-refractivity contribution in [3.8, 4) is 0 Å². The lowest BCUT2D eigenvalue weighted by Gasteiger charge is -2.15. The van der Waals surface area contributed by atoms with Crippen LogP contribution in [0.2, 0.25) is 0 Å². The number of hydrogen-bond acceptors (Lipinski definition) is 6. The first-order valence-electron chi connectivity index (χ1n) is 10.9. The minimum absolute atomic E-state index is 0.0747. The molecule has 0 saturated carbocycles. The molecule has 0 aliphatic carbocycles. The Morgan fingerprint density at radius 3 is 2.11 bits per heavy atom. The standard InChI is InChI=1S/C27H26N2O5S/c1-17-8-12-21(13-9-17)28-25(31)16-35-24-7-5-4-6-23(24)27(33)34-19(3)26(32)29-22-14-10-20(11-15-22)18(2)30/h4-15,19H,16H2,1-3H3,(H,28,31)(H,29,32). The van der Waals surface area contributed by atoms with Crippen LogP contribution in [0.5, 0.6) is 0 Å². The topological polar surface area (TPSA) is 102 Å². The molecule has 2 N–H and O–H groups in total. The van der Waals surface area contributed by atoms with Crippen LogP contribution in [-0.4, -0.2) is 35.4 Å². The average molecular weight is 491 g/mol. The van der Waals surface area contributed by atoms with E-state index in [1.165, 1.54) is 25.6 Å². The fourth-order valence-corrected chi connectivity index (χ4v) is 3.89. The van der Waals surface area contributed by atoms with Crippen LogP contribution in [0.3, 0.4) is 0 Å². The fourth-order valence-electron chi connectivity index (χ4n) is 3.05. The number of anilines is 2. The molecular weight excluding hydrogens is 464 g/mol. The van der Waals surface area contributed by atoms with Gasteiger partial charge in [0, 0.05) is 21.8 Å².